The first kappa shape index (κ1) is 25.2. The summed E-state index contributed by atoms with van der Waals surface area (Å²) in [6.07, 6.45) is 2.35. The second-order valence-electron chi connectivity index (χ2n) is 8.44. The maximum atomic E-state index is 12.7. The van der Waals surface area contributed by atoms with Crippen molar-refractivity contribution in [3.05, 3.63) is 63.1 Å². The van der Waals surface area contributed by atoms with Crippen LogP contribution in [-0.2, 0) is 4.79 Å². The number of hydrogen-bond donors (Lipinski definition) is 1. The Morgan fingerprint density at radius 2 is 1.89 bits per heavy atom. The molecule has 0 bridgehead atoms. The van der Waals surface area contributed by atoms with Crippen LogP contribution in [0.4, 0.5) is 0 Å². The third-order valence-electron chi connectivity index (χ3n) is 5.46. The molecule has 0 spiro atoms. The monoisotopic (exact) mass is 554 g/mol. The lowest BCUT2D eigenvalue weighted by Gasteiger charge is -2.20. The zero-order valence-electron chi connectivity index (χ0n) is 20.1. The first-order chi connectivity index (χ1) is 16.8. The standard InChI is InChI=1S/C26H27BrN4O3S/c1-5-23-30-31-24(28)20(25(32)29-26(31)35-23)14-17-13-18(27)7-9-21(17)33-10-11-34-22-12-16(4)6-8-19(22)15(2)3/h6-9,12-15,28H,5,10-11H2,1-4H3. The molecule has 0 unspecified atom stereocenters. The van der Waals surface area contributed by atoms with Crippen LogP contribution < -0.4 is 9.47 Å². The minimum atomic E-state index is -0.462. The van der Waals surface area contributed by atoms with Gasteiger partial charge in [0.05, 0.1) is 5.57 Å². The van der Waals surface area contributed by atoms with Crippen molar-refractivity contribution in [3.8, 4) is 11.5 Å². The van der Waals surface area contributed by atoms with Gasteiger partial charge in [0.25, 0.3) is 5.91 Å². The average Bonchev–Trinajstić information content (AvgIpc) is 3.23. The number of nitrogens with zero attached hydrogens (tertiary/aromatic N) is 3. The first-order valence-electron chi connectivity index (χ1n) is 11.4. The van der Waals surface area contributed by atoms with Crippen LogP contribution in [-0.4, -0.2) is 40.2 Å². The summed E-state index contributed by atoms with van der Waals surface area (Å²) in [6, 6.07) is 11.8. The lowest BCUT2D eigenvalue weighted by molar-refractivity contribution is -0.114. The molecular weight excluding hydrogens is 528 g/mol. The van der Waals surface area contributed by atoms with Gasteiger partial charge in [-0.1, -0.05) is 48.8 Å². The summed E-state index contributed by atoms with van der Waals surface area (Å²) in [5.74, 6) is 1.35. The molecule has 0 saturated carbocycles. The molecule has 0 saturated heterocycles. The van der Waals surface area contributed by atoms with Crippen molar-refractivity contribution in [2.75, 3.05) is 13.2 Å². The van der Waals surface area contributed by atoms with E-state index in [1.165, 1.54) is 16.8 Å². The Hall–Kier alpha value is -2.91. The first-order valence-corrected chi connectivity index (χ1v) is 13.0. The molecular formula is C26H27BrN4O3S. The quantitative estimate of drug-likeness (QED) is 0.302. The van der Waals surface area contributed by atoms with Gasteiger partial charge in [-0.15, -0.1) is 0 Å². The van der Waals surface area contributed by atoms with Crippen LogP contribution in [0, 0.1) is 12.3 Å². The Kier molecular flexibility index (Phi) is 7.76. The molecule has 9 heteroatoms. The molecule has 2 aromatic carbocycles. The van der Waals surface area contributed by atoms with E-state index in [1.807, 2.05) is 38.1 Å². The fraction of sp³-hybridized carbons (Fsp3) is 0.308. The number of hydrogen-bond acceptors (Lipinski definition) is 6. The predicted octanol–water partition coefficient (Wildman–Crippen LogP) is 6.37. The van der Waals surface area contributed by atoms with E-state index in [1.54, 1.807) is 6.08 Å². The fourth-order valence-electron chi connectivity index (χ4n) is 3.64. The molecule has 1 N–H and O–H groups in total. The van der Waals surface area contributed by atoms with Crippen LogP contribution >= 0.6 is 27.7 Å². The predicted molar refractivity (Wildman–Crippen MR) is 146 cm³/mol. The van der Waals surface area contributed by atoms with E-state index in [-0.39, 0.29) is 11.4 Å². The van der Waals surface area contributed by atoms with Gasteiger partial charge in [-0.2, -0.15) is 15.1 Å². The Morgan fingerprint density at radius 1 is 1.14 bits per heavy atom. The molecule has 0 fully saturated rings. The Bertz CT molecular complexity index is 1270. The Morgan fingerprint density at radius 3 is 2.60 bits per heavy atom. The van der Waals surface area contributed by atoms with Crippen molar-refractivity contribution < 1.29 is 14.3 Å². The van der Waals surface area contributed by atoms with Crippen LogP contribution in [0.25, 0.3) is 6.08 Å². The van der Waals surface area contributed by atoms with E-state index in [2.05, 4.69) is 52.0 Å². The molecule has 2 aliphatic heterocycles. The summed E-state index contributed by atoms with van der Waals surface area (Å²) >= 11 is 4.81. The number of carbonyl (C=O) groups is 1. The van der Waals surface area contributed by atoms with Gasteiger partial charge in [0, 0.05) is 10.0 Å². The third-order valence-corrected chi connectivity index (χ3v) is 7.01. The smallest absolute Gasteiger partial charge is 0.283 e. The van der Waals surface area contributed by atoms with Crippen molar-refractivity contribution in [2.45, 2.75) is 40.0 Å². The molecule has 4 rings (SSSR count). The largest absolute Gasteiger partial charge is 0.490 e. The summed E-state index contributed by atoms with van der Waals surface area (Å²) < 4.78 is 12.9. The minimum Gasteiger partial charge on any atom is -0.490 e. The van der Waals surface area contributed by atoms with Crippen molar-refractivity contribution in [3.63, 3.8) is 0 Å². The van der Waals surface area contributed by atoms with E-state index < -0.39 is 5.91 Å². The lowest BCUT2D eigenvalue weighted by atomic mass is 10.0. The summed E-state index contributed by atoms with van der Waals surface area (Å²) in [7, 11) is 0. The minimum absolute atomic E-state index is 0.00544. The van der Waals surface area contributed by atoms with Gasteiger partial charge in [0.2, 0.25) is 5.17 Å². The van der Waals surface area contributed by atoms with Crippen molar-refractivity contribution in [2.24, 2.45) is 10.1 Å². The summed E-state index contributed by atoms with van der Waals surface area (Å²) in [5, 5.41) is 15.6. The number of hydrazone groups is 1. The van der Waals surface area contributed by atoms with Gasteiger partial charge < -0.3 is 9.47 Å². The van der Waals surface area contributed by atoms with Gasteiger partial charge in [-0.25, -0.2) is 0 Å². The number of thioether (sulfide) groups is 1. The summed E-state index contributed by atoms with van der Waals surface area (Å²) in [4.78, 5) is 16.8. The van der Waals surface area contributed by atoms with Crippen LogP contribution in [0.5, 0.6) is 11.5 Å². The number of carbonyl (C=O) groups excluding carboxylic acids is 1. The van der Waals surface area contributed by atoms with E-state index in [0.29, 0.717) is 42.0 Å². The average molecular weight is 555 g/mol. The third kappa shape index (κ3) is 5.67. The van der Waals surface area contributed by atoms with Crippen LogP contribution in [0.15, 0.2) is 56.5 Å². The molecule has 0 aromatic heterocycles. The molecule has 2 aliphatic rings. The van der Waals surface area contributed by atoms with Crippen LogP contribution in [0.2, 0.25) is 0 Å². The maximum absolute atomic E-state index is 12.7. The molecule has 7 nitrogen and oxygen atoms in total. The maximum Gasteiger partial charge on any atom is 0.283 e. The topological polar surface area (TPSA) is 87.3 Å². The van der Waals surface area contributed by atoms with E-state index in [4.69, 9.17) is 14.9 Å². The van der Waals surface area contributed by atoms with E-state index in [9.17, 15) is 4.79 Å². The number of halogens is 1. The fourth-order valence-corrected chi connectivity index (χ4v) is 4.84. The molecule has 0 radical (unpaired) electrons. The molecule has 0 atom stereocenters. The number of nitrogens with one attached hydrogen (secondary N) is 1. The van der Waals surface area contributed by atoms with Crippen LogP contribution in [0.1, 0.15) is 49.8 Å². The Labute approximate surface area is 217 Å². The zero-order chi connectivity index (χ0) is 25.1. The number of amides is 1. The number of benzene rings is 2. The van der Waals surface area contributed by atoms with Crippen molar-refractivity contribution >= 4 is 55.7 Å². The SMILES string of the molecule is CCC1=NN2C(=N)C(=Cc3cc(Br)ccc3OCCOc3cc(C)ccc3C(C)C)C(=O)N=C2S1. The second kappa shape index (κ2) is 10.8. The lowest BCUT2D eigenvalue weighted by Crippen LogP contribution is -2.35. The number of amidine groups is 2. The van der Waals surface area contributed by atoms with Gasteiger partial charge in [-0.3, -0.25) is 10.2 Å². The normalized spacial score (nSPS) is 16.5. The summed E-state index contributed by atoms with van der Waals surface area (Å²) in [5.41, 5.74) is 3.13. The highest BCUT2D eigenvalue weighted by Crippen LogP contribution is 2.32. The number of rotatable bonds is 8. The molecule has 2 aromatic rings. The molecule has 0 aliphatic carbocycles. The number of aliphatic imine (C=N–C) groups is 1. The van der Waals surface area contributed by atoms with Gasteiger partial charge in [-0.05, 0) is 72.5 Å². The highest BCUT2D eigenvalue weighted by molar-refractivity contribution is 9.10. The van der Waals surface area contributed by atoms with Gasteiger partial charge in [0.1, 0.15) is 29.8 Å². The molecule has 35 heavy (non-hydrogen) atoms. The van der Waals surface area contributed by atoms with E-state index in [0.717, 1.165) is 26.4 Å². The van der Waals surface area contributed by atoms with Crippen molar-refractivity contribution in [1.82, 2.24) is 5.01 Å². The highest BCUT2D eigenvalue weighted by atomic mass is 79.9. The van der Waals surface area contributed by atoms with Gasteiger partial charge in [0.15, 0.2) is 5.84 Å². The Balaban J connectivity index is 1.50. The molecule has 1 amide bonds. The zero-order valence-corrected chi connectivity index (χ0v) is 22.5. The molecule has 182 valence electrons. The van der Waals surface area contributed by atoms with E-state index >= 15 is 0 Å². The summed E-state index contributed by atoms with van der Waals surface area (Å²) in [6.45, 7) is 9.00. The number of ether oxygens (including phenoxy) is 2. The number of fused-ring (bicyclic) bond motifs is 1. The van der Waals surface area contributed by atoms with Crippen LogP contribution in [0.3, 0.4) is 0 Å². The number of aryl methyl sites for hydroxylation is 1. The van der Waals surface area contributed by atoms with Gasteiger partial charge >= 0.3 is 0 Å². The highest BCUT2D eigenvalue weighted by Gasteiger charge is 2.35. The van der Waals surface area contributed by atoms with Crippen molar-refractivity contribution in [1.29, 1.82) is 5.41 Å². The molecule has 2 heterocycles. The second-order valence-corrected chi connectivity index (χ2v) is 10.4.